The van der Waals surface area contributed by atoms with Crippen molar-refractivity contribution >= 4 is 17.2 Å². The number of hydrogen-bond acceptors (Lipinski definition) is 5. The summed E-state index contributed by atoms with van der Waals surface area (Å²) in [6, 6.07) is 8.13. The van der Waals surface area contributed by atoms with Crippen LogP contribution in [0.15, 0.2) is 29.8 Å². The van der Waals surface area contributed by atoms with Crippen LogP contribution in [0.1, 0.15) is 11.3 Å². The number of rotatable bonds is 8. The minimum absolute atomic E-state index is 0.0570. The zero-order valence-electron chi connectivity index (χ0n) is 12.8. The lowest BCUT2D eigenvalue weighted by Gasteiger charge is -2.07. The van der Waals surface area contributed by atoms with Crippen molar-refractivity contribution in [2.75, 3.05) is 26.9 Å². The van der Waals surface area contributed by atoms with Crippen LogP contribution in [-0.2, 0) is 20.8 Å². The molecule has 1 N–H and O–H groups in total. The maximum Gasteiger partial charge on any atom is 0.246 e. The number of hydrogen-bond donors (Lipinski definition) is 1. The first-order valence-corrected chi connectivity index (χ1v) is 7.91. The van der Waals surface area contributed by atoms with Crippen molar-refractivity contribution in [3.05, 3.63) is 41.0 Å². The molecule has 0 saturated heterocycles. The molecule has 6 heteroatoms. The second kappa shape index (κ2) is 8.63. The van der Waals surface area contributed by atoms with Crippen LogP contribution >= 0.6 is 11.3 Å². The van der Waals surface area contributed by atoms with E-state index in [9.17, 15) is 4.79 Å². The van der Waals surface area contributed by atoms with Gasteiger partial charge in [-0.15, -0.1) is 11.3 Å². The molecule has 118 valence electrons. The molecule has 0 radical (unpaired) electrons. The maximum absolute atomic E-state index is 11.6. The van der Waals surface area contributed by atoms with Crippen LogP contribution in [0.4, 0.5) is 0 Å². The van der Waals surface area contributed by atoms with Crippen molar-refractivity contribution in [3.8, 4) is 10.4 Å². The molecule has 0 bridgehead atoms. The van der Waals surface area contributed by atoms with Crippen LogP contribution in [0.2, 0.25) is 0 Å². The van der Waals surface area contributed by atoms with E-state index >= 15 is 0 Å². The summed E-state index contributed by atoms with van der Waals surface area (Å²) in [7, 11) is 1.60. The van der Waals surface area contributed by atoms with Gasteiger partial charge in [0.1, 0.15) is 6.61 Å². The summed E-state index contributed by atoms with van der Waals surface area (Å²) in [5.41, 5.74) is 5.09. The highest BCUT2D eigenvalue weighted by Gasteiger charge is 2.05. The highest BCUT2D eigenvalue weighted by atomic mass is 32.1. The Morgan fingerprint density at radius 2 is 2.05 bits per heavy atom. The lowest BCUT2D eigenvalue weighted by atomic mass is 10.1. The summed E-state index contributed by atoms with van der Waals surface area (Å²) in [6.45, 7) is 3.47. The number of aromatic nitrogens is 1. The Kier molecular flexibility index (Phi) is 6.51. The largest absolute Gasteiger partial charge is 0.382 e. The summed E-state index contributed by atoms with van der Waals surface area (Å²) in [6.07, 6.45) is 0. The number of carbonyl (C=O) groups excluding carboxylic acids is 1. The van der Waals surface area contributed by atoms with Crippen molar-refractivity contribution in [3.63, 3.8) is 0 Å². The highest BCUT2D eigenvalue weighted by Crippen LogP contribution is 2.27. The van der Waals surface area contributed by atoms with Gasteiger partial charge in [-0.25, -0.2) is 4.98 Å². The van der Waals surface area contributed by atoms with Crippen LogP contribution < -0.4 is 5.32 Å². The number of nitrogens with zero attached hydrogens (tertiary/aromatic N) is 1. The lowest BCUT2D eigenvalue weighted by Crippen LogP contribution is -2.27. The van der Waals surface area contributed by atoms with Crippen LogP contribution in [0.5, 0.6) is 0 Å². The summed E-state index contributed by atoms with van der Waals surface area (Å²) >= 11 is 1.63. The molecule has 0 saturated carbocycles. The van der Waals surface area contributed by atoms with Gasteiger partial charge in [0, 0.05) is 13.7 Å². The lowest BCUT2D eigenvalue weighted by molar-refractivity contribution is -0.126. The Hall–Kier alpha value is -1.76. The topological polar surface area (TPSA) is 60.5 Å². The first-order valence-electron chi connectivity index (χ1n) is 7.03. The van der Waals surface area contributed by atoms with Crippen molar-refractivity contribution in [2.45, 2.75) is 13.5 Å². The molecule has 1 heterocycles. The molecule has 0 aliphatic carbocycles. The van der Waals surface area contributed by atoms with E-state index in [2.05, 4.69) is 22.4 Å². The molecule has 0 atom stereocenters. The van der Waals surface area contributed by atoms with Gasteiger partial charge in [-0.1, -0.05) is 24.3 Å². The van der Waals surface area contributed by atoms with E-state index in [1.807, 2.05) is 24.6 Å². The molecule has 5 nitrogen and oxygen atoms in total. The van der Waals surface area contributed by atoms with Crippen LogP contribution in [0.3, 0.4) is 0 Å². The third-order valence-electron chi connectivity index (χ3n) is 3.12. The van der Waals surface area contributed by atoms with E-state index in [-0.39, 0.29) is 12.5 Å². The van der Waals surface area contributed by atoms with Crippen molar-refractivity contribution in [1.29, 1.82) is 0 Å². The molecule has 0 spiro atoms. The van der Waals surface area contributed by atoms with E-state index < -0.39 is 0 Å². The minimum Gasteiger partial charge on any atom is -0.382 e. The van der Waals surface area contributed by atoms with E-state index in [4.69, 9.17) is 9.47 Å². The van der Waals surface area contributed by atoms with Gasteiger partial charge < -0.3 is 14.8 Å². The predicted octanol–water partition coefficient (Wildman–Crippen LogP) is 2.40. The van der Waals surface area contributed by atoms with Crippen molar-refractivity contribution in [1.82, 2.24) is 10.3 Å². The first-order chi connectivity index (χ1) is 10.7. The third kappa shape index (κ3) is 4.91. The average Bonchev–Trinajstić information content (AvgIpc) is 2.96. The van der Waals surface area contributed by atoms with Crippen molar-refractivity contribution in [2.24, 2.45) is 0 Å². The minimum atomic E-state index is -0.126. The molecule has 0 aliphatic rings. The maximum atomic E-state index is 11.6. The molecule has 1 aromatic heterocycles. The van der Waals surface area contributed by atoms with Gasteiger partial charge in [-0.3, -0.25) is 4.79 Å². The number of carbonyl (C=O) groups is 1. The monoisotopic (exact) mass is 320 g/mol. The molecule has 1 amide bonds. The molecule has 22 heavy (non-hydrogen) atoms. The quantitative estimate of drug-likeness (QED) is 0.759. The smallest absolute Gasteiger partial charge is 0.246 e. The highest BCUT2D eigenvalue weighted by molar-refractivity contribution is 7.13. The third-order valence-corrected chi connectivity index (χ3v) is 4.09. The predicted molar refractivity (Wildman–Crippen MR) is 86.8 cm³/mol. The first kappa shape index (κ1) is 16.6. The van der Waals surface area contributed by atoms with Gasteiger partial charge in [0.15, 0.2) is 0 Å². The number of aryl methyl sites for hydroxylation is 1. The molecule has 2 rings (SSSR count). The van der Waals surface area contributed by atoms with Gasteiger partial charge >= 0.3 is 0 Å². The summed E-state index contributed by atoms with van der Waals surface area (Å²) in [4.78, 5) is 17.0. The molecular formula is C16H20N2O3S. The van der Waals surface area contributed by atoms with E-state index in [1.165, 1.54) is 4.88 Å². The number of benzene rings is 1. The number of ether oxygens (including phenoxy) is 2. The Morgan fingerprint density at radius 3 is 2.68 bits per heavy atom. The number of nitrogens with one attached hydrogen (secondary N) is 1. The summed E-state index contributed by atoms with van der Waals surface area (Å²) in [5.74, 6) is -0.126. The van der Waals surface area contributed by atoms with E-state index in [1.54, 1.807) is 18.4 Å². The number of methoxy groups -OCH3 is 1. The Bertz CT molecular complexity index is 596. The SMILES string of the molecule is COCCOCC(=O)NCc1ccc(-c2scnc2C)cc1. The normalized spacial score (nSPS) is 10.6. The zero-order valence-corrected chi connectivity index (χ0v) is 13.6. The van der Waals surface area contributed by atoms with Crippen LogP contribution in [0, 0.1) is 6.92 Å². The second-order valence-electron chi connectivity index (χ2n) is 4.79. The molecule has 0 unspecified atom stereocenters. The van der Waals surface area contributed by atoms with E-state index in [0.29, 0.717) is 19.8 Å². The van der Waals surface area contributed by atoms with Crippen LogP contribution in [0.25, 0.3) is 10.4 Å². The standard InChI is InChI=1S/C16H20N2O3S/c1-12-16(22-11-18-12)14-5-3-13(4-6-14)9-17-15(19)10-21-8-7-20-2/h3-6,11H,7-10H2,1-2H3,(H,17,19). The second-order valence-corrected chi connectivity index (χ2v) is 5.64. The average molecular weight is 320 g/mol. The van der Waals surface area contributed by atoms with Gasteiger partial charge in [-0.05, 0) is 18.1 Å². The fourth-order valence-corrected chi connectivity index (χ4v) is 2.72. The fraction of sp³-hybridized carbons (Fsp3) is 0.375. The van der Waals surface area contributed by atoms with Gasteiger partial charge in [0.25, 0.3) is 0 Å². The van der Waals surface area contributed by atoms with Crippen molar-refractivity contribution < 1.29 is 14.3 Å². The molecule has 0 aliphatic heterocycles. The Balaban J connectivity index is 1.79. The summed E-state index contributed by atoms with van der Waals surface area (Å²) in [5, 5.41) is 2.83. The molecule has 1 aromatic carbocycles. The van der Waals surface area contributed by atoms with E-state index in [0.717, 1.165) is 16.8 Å². The molecule has 2 aromatic rings. The Morgan fingerprint density at radius 1 is 1.27 bits per heavy atom. The number of amides is 1. The van der Waals surface area contributed by atoms with Crippen LogP contribution in [-0.4, -0.2) is 37.8 Å². The number of thiazole rings is 1. The summed E-state index contributed by atoms with van der Waals surface area (Å²) < 4.78 is 10.0. The van der Waals surface area contributed by atoms with Gasteiger partial charge in [-0.2, -0.15) is 0 Å². The molecule has 0 fully saturated rings. The molecular weight excluding hydrogens is 300 g/mol. The fourth-order valence-electron chi connectivity index (χ4n) is 1.91. The van der Waals surface area contributed by atoms with Gasteiger partial charge in [0.2, 0.25) is 5.91 Å². The zero-order chi connectivity index (χ0) is 15.8. The van der Waals surface area contributed by atoms with Gasteiger partial charge in [0.05, 0.1) is 29.3 Å². The Labute approximate surface area is 134 Å².